The summed E-state index contributed by atoms with van der Waals surface area (Å²) >= 11 is 3.47. The molecule has 0 saturated heterocycles. The number of anilines is 1. The minimum Gasteiger partial charge on any atom is -0.352 e. The number of benzene rings is 3. The summed E-state index contributed by atoms with van der Waals surface area (Å²) in [6.45, 7) is 5.99. The molecule has 2 amide bonds. The van der Waals surface area contributed by atoms with E-state index in [4.69, 9.17) is 0 Å². The minimum absolute atomic E-state index is 0.0734. The number of hydrogen-bond donors (Lipinski definition) is 1. The Kier molecular flexibility index (Phi) is 10.7. The summed E-state index contributed by atoms with van der Waals surface area (Å²) in [6.07, 6.45) is 5.36. The average Bonchev–Trinajstić information content (AvgIpc) is 3.47. The van der Waals surface area contributed by atoms with Gasteiger partial charge in [-0.05, 0) is 59.2 Å². The normalized spacial score (nSPS) is 14.7. The zero-order valence-electron chi connectivity index (χ0n) is 25.4. The highest BCUT2D eigenvalue weighted by molar-refractivity contribution is 9.10. The Morgan fingerprint density at radius 3 is 2.07 bits per heavy atom. The van der Waals surface area contributed by atoms with Gasteiger partial charge in [0.15, 0.2) is 0 Å². The molecule has 3 aromatic rings. The van der Waals surface area contributed by atoms with E-state index in [2.05, 4.69) is 42.0 Å². The first kappa shape index (κ1) is 32.7. The highest BCUT2D eigenvalue weighted by atomic mass is 79.9. The highest BCUT2D eigenvalue weighted by Gasteiger charge is 2.34. The molecule has 1 N–H and O–H groups in total. The Hall–Kier alpha value is -3.17. The van der Waals surface area contributed by atoms with Crippen molar-refractivity contribution < 1.29 is 18.0 Å². The van der Waals surface area contributed by atoms with Gasteiger partial charge in [-0.2, -0.15) is 0 Å². The van der Waals surface area contributed by atoms with Gasteiger partial charge in [0.1, 0.15) is 12.6 Å². The van der Waals surface area contributed by atoms with Crippen molar-refractivity contribution in [2.45, 2.75) is 76.9 Å². The molecule has 4 rings (SSSR count). The van der Waals surface area contributed by atoms with Crippen LogP contribution in [0.1, 0.15) is 63.1 Å². The summed E-state index contributed by atoms with van der Waals surface area (Å²) in [6, 6.07) is 23.7. The Labute approximate surface area is 264 Å². The van der Waals surface area contributed by atoms with E-state index in [9.17, 15) is 18.0 Å². The van der Waals surface area contributed by atoms with Crippen LogP contribution in [-0.4, -0.2) is 50.0 Å². The molecule has 0 bridgehead atoms. The van der Waals surface area contributed by atoms with Crippen LogP contribution in [0.5, 0.6) is 0 Å². The number of hydrogen-bond acceptors (Lipinski definition) is 4. The van der Waals surface area contributed by atoms with Gasteiger partial charge in [-0.15, -0.1) is 0 Å². The lowest BCUT2D eigenvalue weighted by Crippen LogP contribution is -2.54. The fourth-order valence-corrected chi connectivity index (χ4v) is 6.56. The quantitative estimate of drug-likeness (QED) is 0.263. The monoisotopic (exact) mass is 667 g/mol. The Balaban J connectivity index is 1.71. The molecule has 0 heterocycles. The minimum atomic E-state index is -3.82. The van der Waals surface area contributed by atoms with Crippen LogP contribution in [0.4, 0.5) is 5.69 Å². The molecule has 1 atom stereocenters. The largest absolute Gasteiger partial charge is 0.352 e. The molecular formula is C34H42BrN3O4S. The lowest BCUT2D eigenvalue weighted by molar-refractivity contribution is -0.140. The van der Waals surface area contributed by atoms with Crippen LogP contribution < -0.4 is 9.62 Å². The summed E-state index contributed by atoms with van der Waals surface area (Å²) in [5.74, 6) is -0.669. The van der Waals surface area contributed by atoms with E-state index in [0.29, 0.717) is 12.1 Å². The van der Waals surface area contributed by atoms with E-state index in [1.807, 2.05) is 66.7 Å². The van der Waals surface area contributed by atoms with Gasteiger partial charge in [-0.1, -0.05) is 104 Å². The zero-order chi connectivity index (χ0) is 31.2. The van der Waals surface area contributed by atoms with Gasteiger partial charge in [0.2, 0.25) is 21.8 Å². The van der Waals surface area contributed by atoms with Gasteiger partial charge in [0.05, 0.1) is 11.9 Å². The van der Waals surface area contributed by atoms with Gasteiger partial charge >= 0.3 is 0 Å². The number of amides is 2. The van der Waals surface area contributed by atoms with Crippen molar-refractivity contribution in [2.75, 3.05) is 17.1 Å². The van der Waals surface area contributed by atoms with Gasteiger partial charge in [0.25, 0.3) is 0 Å². The lowest BCUT2D eigenvalue weighted by atomic mass is 9.87. The second kappa shape index (κ2) is 14.1. The number of sulfonamides is 1. The summed E-state index contributed by atoms with van der Waals surface area (Å²) in [5, 5.41) is 3.19. The van der Waals surface area contributed by atoms with E-state index in [-0.39, 0.29) is 23.9 Å². The molecule has 0 aliphatic heterocycles. The molecule has 0 aromatic heterocycles. The van der Waals surface area contributed by atoms with Gasteiger partial charge < -0.3 is 10.2 Å². The summed E-state index contributed by atoms with van der Waals surface area (Å²) in [4.78, 5) is 29.8. The molecule has 1 saturated carbocycles. The van der Waals surface area contributed by atoms with Crippen molar-refractivity contribution in [1.82, 2.24) is 10.2 Å². The molecule has 0 unspecified atom stereocenters. The Bertz CT molecular complexity index is 1480. The van der Waals surface area contributed by atoms with Crippen LogP contribution in [0.3, 0.4) is 0 Å². The van der Waals surface area contributed by atoms with E-state index < -0.39 is 28.5 Å². The van der Waals surface area contributed by atoms with Gasteiger partial charge in [-0.3, -0.25) is 13.9 Å². The molecule has 9 heteroatoms. The summed E-state index contributed by atoms with van der Waals surface area (Å²) in [7, 11) is -3.82. The number of rotatable bonds is 11. The fourth-order valence-electron chi connectivity index (χ4n) is 5.45. The van der Waals surface area contributed by atoms with Crippen molar-refractivity contribution in [1.29, 1.82) is 0 Å². The predicted molar refractivity (Wildman–Crippen MR) is 176 cm³/mol. The fraction of sp³-hybridized carbons (Fsp3) is 0.412. The molecular weight excluding hydrogens is 626 g/mol. The third-order valence-corrected chi connectivity index (χ3v) is 9.61. The van der Waals surface area contributed by atoms with Gasteiger partial charge in [-0.25, -0.2) is 8.42 Å². The van der Waals surface area contributed by atoms with Crippen LogP contribution in [0.2, 0.25) is 0 Å². The SMILES string of the molecule is CC(C)(C)c1ccc(N(CC(=O)N(Cc2ccc(Br)cc2)[C@@H](Cc2ccccc2)C(=O)NC2CCCC2)S(C)(=O)=O)cc1. The molecule has 0 spiro atoms. The molecule has 1 fully saturated rings. The first-order valence-electron chi connectivity index (χ1n) is 14.8. The van der Waals surface area contributed by atoms with Crippen LogP contribution >= 0.6 is 15.9 Å². The molecule has 1 aliphatic rings. The molecule has 230 valence electrons. The molecule has 3 aromatic carbocycles. The number of nitrogens with one attached hydrogen (secondary N) is 1. The first-order valence-corrected chi connectivity index (χ1v) is 17.4. The van der Waals surface area contributed by atoms with Crippen LogP contribution in [0, 0.1) is 0 Å². The predicted octanol–water partition coefficient (Wildman–Crippen LogP) is 6.21. The maximum absolute atomic E-state index is 14.3. The highest BCUT2D eigenvalue weighted by Crippen LogP contribution is 2.27. The number of halogens is 1. The van der Waals surface area contributed by atoms with Crippen molar-refractivity contribution in [3.63, 3.8) is 0 Å². The van der Waals surface area contributed by atoms with Crippen molar-refractivity contribution in [3.05, 3.63) is 100 Å². The molecule has 0 radical (unpaired) electrons. The third kappa shape index (κ3) is 9.16. The average molecular weight is 669 g/mol. The van der Waals surface area contributed by atoms with Crippen molar-refractivity contribution in [3.8, 4) is 0 Å². The number of carbonyl (C=O) groups excluding carboxylic acids is 2. The van der Waals surface area contributed by atoms with Crippen LogP contribution in [0.25, 0.3) is 0 Å². The van der Waals surface area contributed by atoms with Crippen molar-refractivity contribution in [2.24, 2.45) is 0 Å². The third-order valence-electron chi connectivity index (χ3n) is 7.94. The number of carbonyl (C=O) groups is 2. The molecule has 7 nitrogen and oxygen atoms in total. The molecule has 1 aliphatic carbocycles. The van der Waals surface area contributed by atoms with Crippen molar-refractivity contribution >= 4 is 43.5 Å². The maximum atomic E-state index is 14.3. The smallest absolute Gasteiger partial charge is 0.244 e. The lowest BCUT2D eigenvalue weighted by Gasteiger charge is -2.34. The second-order valence-electron chi connectivity index (χ2n) is 12.4. The van der Waals surface area contributed by atoms with Gasteiger partial charge in [0, 0.05) is 23.5 Å². The van der Waals surface area contributed by atoms with Crippen LogP contribution in [0.15, 0.2) is 83.3 Å². The number of nitrogens with zero attached hydrogens (tertiary/aromatic N) is 2. The summed E-state index contributed by atoms with van der Waals surface area (Å²) < 4.78 is 28.2. The maximum Gasteiger partial charge on any atom is 0.244 e. The van der Waals surface area contributed by atoms with E-state index in [1.54, 1.807) is 17.0 Å². The zero-order valence-corrected chi connectivity index (χ0v) is 27.8. The first-order chi connectivity index (χ1) is 20.3. The standard InChI is InChI=1S/C34H42BrN3O4S/c1-34(2,3)27-16-20-30(21-17-27)38(43(4,41)42)24-32(39)37(23-26-14-18-28(35)19-15-26)31(22-25-10-6-5-7-11-25)33(40)36-29-12-8-9-13-29/h5-7,10-11,14-21,29,31H,8-9,12-13,22-24H2,1-4H3,(H,36,40)/t31-/m0/s1. The van der Waals surface area contributed by atoms with E-state index >= 15 is 0 Å². The molecule has 43 heavy (non-hydrogen) atoms. The van der Waals surface area contributed by atoms with E-state index in [1.165, 1.54) is 0 Å². The van der Waals surface area contributed by atoms with Crippen LogP contribution in [-0.2, 0) is 38.0 Å². The summed E-state index contributed by atoms with van der Waals surface area (Å²) in [5.41, 5.74) is 3.11. The Morgan fingerprint density at radius 1 is 0.907 bits per heavy atom. The second-order valence-corrected chi connectivity index (χ2v) is 15.2. The topological polar surface area (TPSA) is 86.8 Å². The van der Waals surface area contributed by atoms with E-state index in [0.717, 1.165) is 57.4 Å². The Morgan fingerprint density at radius 2 is 1.51 bits per heavy atom.